The van der Waals surface area contributed by atoms with E-state index in [1.165, 1.54) is 4.90 Å². The number of nitrogens with zero attached hydrogens (tertiary/aromatic N) is 2. The third-order valence-electron chi connectivity index (χ3n) is 4.90. The maximum absolute atomic E-state index is 13.5. The first-order valence-electron chi connectivity index (χ1n) is 10.6. The molecular formula is C24H32BrN3O4S. The Morgan fingerprint density at radius 2 is 1.73 bits per heavy atom. The minimum atomic E-state index is -3.77. The summed E-state index contributed by atoms with van der Waals surface area (Å²) < 4.78 is 26.8. The molecule has 0 aliphatic rings. The number of rotatable bonds is 8. The molecule has 7 nitrogen and oxygen atoms in total. The van der Waals surface area contributed by atoms with Crippen LogP contribution in [0, 0.1) is 6.92 Å². The number of sulfonamides is 1. The molecule has 0 fully saturated rings. The second-order valence-corrected chi connectivity index (χ2v) is 11.9. The monoisotopic (exact) mass is 537 g/mol. The lowest BCUT2D eigenvalue weighted by atomic mass is 10.1. The molecule has 0 spiro atoms. The van der Waals surface area contributed by atoms with Gasteiger partial charge in [0.2, 0.25) is 21.8 Å². The summed E-state index contributed by atoms with van der Waals surface area (Å²) in [5, 5.41) is 2.90. The fourth-order valence-electron chi connectivity index (χ4n) is 3.31. The van der Waals surface area contributed by atoms with Crippen LogP contribution in [0.1, 0.15) is 38.8 Å². The molecule has 0 unspecified atom stereocenters. The van der Waals surface area contributed by atoms with Crippen LogP contribution >= 0.6 is 15.9 Å². The van der Waals surface area contributed by atoms with Crippen molar-refractivity contribution in [1.82, 2.24) is 10.2 Å². The van der Waals surface area contributed by atoms with Gasteiger partial charge in [-0.3, -0.25) is 13.9 Å². The number of anilines is 1. The van der Waals surface area contributed by atoms with E-state index < -0.39 is 34.1 Å². The van der Waals surface area contributed by atoms with E-state index in [1.54, 1.807) is 31.2 Å². The fourth-order valence-corrected chi connectivity index (χ4v) is 4.79. The first kappa shape index (κ1) is 26.9. The summed E-state index contributed by atoms with van der Waals surface area (Å²) in [6.45, 7) is 8.93. The molecule has 2 aromatic carbocycles. The Morgan fingerprint density at radius 1 is 1.09 bits per heavy atom. The normalized spacial score (nSPS) is 12.7. The number of nitrogens with one attached hydrogen (secondary N) is 1. The predicted octanol–water partition coefficient (Wildman–Crippen LogP) is 3.86. The molecule has 33 heavy (non-hydrogen) atoms. The maximum atomic E-state index is 13.5. The van der Waals surface area contributed by atoms with E-state index in [9.17, 15) is 18.0 Å². The van der Waals surface area contributed by atoms with Crippen LogP contribution in [0.25, 0.3) is 0 Å². The average Bonchev–Trinajstić information content (AvgIpc) is 2.68. The third-order valence-corrected chi connectivity index (χ3v) is 6.70. The minimum Gasteiger partial charge on any atom is -0.350 e. The van der Waals surface area contributed by atoms with Crippen LogP contribution in [0.2, 0.25) is 0 Å². The largest absolute Gasteiger partial charge is 0.350 e. The number of hydrogen-bond donors (Lipinski definition) is 1. The molecule has 2 amide bonds. The molecule has 0 aliphatic carbocycles. The zero-order valence-corrected chi connectivity index (χ0v) is 22.3. The summed E-state index contributed by atoms with van der Waals surface area (Å²) in [6, 6.07) is 13.6. The lowest BCUT2D eigenvalue weighted by Gasteiger charge is -2.33. The number of amides is 2. The van der Waals surface area contributed by atoms with Gasteiger partial charge < -0.3 is 10.2 Å². The smallest absolute Gasteiger partial charge is 0.244 e. The van der Waals surface area contributed by atoms with Gasteiger partial charge in [-0.2, -0.15) is 0 Å². The van der Waals surface area contributed by atoms with Crippen LogP contribution in [0.4, 0.5) is 5.69 Å². The quantitative estimate of drug-likeness (QED) is 0.553. The molecular weight excluding hydrogens is 506 g/mol. The van der Waals surface area contributed by atoms with Crippen molar-refractivity contribution >= 4 is 43.5 Å². The van der Waals surface area contributed by atoms with Crippen LogP contribution in [0.5, 0.6) is 0 Å². The standard InChI is InChI=1S/C24H32BrN3O4S/c1-17-10-9-11-19(14-17)15-27(18(2)23(30)26-24(3,4)5)22(29)16-28(33(6,31)32)21-13-8-7-12-20(21)25/h7-14,18H,15-16H2,1-6H3,(H,26,30)/t18-/m1/s1. The Balaban J connectivity index is 2.42. The number of hydrogen-bond acceptors (Lipinski definition) is 4. The van der Waals surface area contributed by atoms with Crippen molar-refractivity contribution in [2.45, 2.75) is 52.7 Å². The van der Waals surface area contributed by atoms with Crippen LogP contribution in [0.3, 0.4) is 0 Å². The van der Waals surface area contributed by atoms with E-state index >= 15 is 0 Å². The predicted molar refractivity (Wildman–Crippen MR) is 135 cm³/mol. The minimum absolute atomic E-state index is 0.173. The molecule has 0 bridgehead atoms. The van der Waals surface area contributed by atoms with Gasteiger partial charge in [-0.15, -0.1) is 0 Å². The summed E-state index contributed by atoms with van der Waals surface area (Å²) in [5.74, 6) is -0.787. The van der Waals surface area contributed by atoms with E-state index in [4.69, 9.17) is 0 Å². The van der Waals surface area contributed by atoms with Crippen molar-refractivity contribution in [3.8, 4) is 0 Å². The van der Waals surface area contributed by atoms with Gasteiger partial charge in [0.1, 0.15) is 12.6 Å². The maximum Gasteiger partial charge on any atom is 0.244 e. The molecule has 2 rings (SSSR count). The summed E-state index contributed by atoms with van der Waals surface area (Å²) in [7, 11) is -3.77. The zero-order valence-electron chi connectivity index (χ0n) is 19.9. The highest BCUT2D eigenvalue weighted by molar-refractivity contribution is 9.10. The molecule has 0 saturated carbocycles. The molecule has 180 valence electrons. The lowest BCUT2D eigenvalue weighted by Crippen LogP contribution is -2.54. The first-order valence-corrected chi connectivity index (χ1v) is 13.2. The molecule has 0 heterocycles. The van der Waals surface area contributed by atoms with E-state index in [1.807, 2.05) is 52.0 Å². The molecule has 0 radical (unpaired) electrons. The number of halogens is 1. The van der Waals surface area contributed by atoms with E-state index in [-0.39, 0.29) is 12.5 Å². The van der Waals surface area contributed by atoms with E-state index in [0.717, 1.165) is 21.7 Å². The van der Waals surface area contributed by atoms with Gasteiger partial charge in [0, 0.05) is 16.6 Å². The number of para-hydroxylation sites is 1. The molecule has 0 saturated heterocycles. The van der Waals surface area contributed by atoms with Crippen molar-refractivity contribution < 1.29 is 18.0 Å². The second-order valence-electron chi connectivity index (χ2n) is 9.15. The average molecular weight is 539 g/mol. The van der Waals surface area contributed by atoms with Crippen LogP contribution in [-0.4, -0.2) is 49.5 Å². The van der Waals surface area contributed by atoms with Gasteiger partial charge in [0.05, 0.1) is 11.9 Å². The Hall–Kier alpha value is -2.39. The van der Waals surface area contributed by atoms with E-state index in [2.05, 4.69) is 21.2 Å². The van der Waals surface area contributed by atoms with Gasteiger partial charge in [0.25, 0.3) is 0 Å². The first-order chi connectivity index (χ1) is 15.2. The van der Waals surface area contributed by atoms with Crippen LogP contribution in [-0.2, 0) is 26.2 Å². The Labute approximate surface area is 205 Å². The van der Waals surface area contributed by atoms with Gasteiger partial charge in [0.15, 0.2) is 0 Å². The number of carbonyl (C=O) groups excluding carboxylic acids is 2. The third kappa shape index (κ3) is 7.85. The van der Waals surface area contributed by atoms with Gasteiger partial charge in [-0.05, 0) is 68.2 Å². The van der Waals surface area contributed by atoms with Crippen LogP contribution in [0.15, 0.2) is 53.0 Å². The highest BCUT2D eigenvalue weighted by Crippen LogP contribution is 2.28. The highest BCUT2D eigenvalue weighted by atomic mass is 79.9. The second kappa shape index (κ2) is 10.7. The molecule has 0 aliphatic heterocycles. The molecule has 1 N–H and O–H groups in total. The van der Waals surface area contributed by atoms with Crippen molar-refractivity contribution in [2.75, 3.05) is 17.1 Å². The number of carbonyl (C=O) groups is 2. The Bertz CT molecular complexity index is 1110. The SMILES string of the molecule is Cc1cccc(CN(C(=O)CN(c2ccccc2Br)S(C)(=O)=O)[C@H](C)C(=O)NC(C)(C)C)c1. The zero-order chi connectivity index (χ0) is 25.0. The molecule has 9 heteroatoms. The van der Waals surface area contributed by atoms with Crippen LogP contribution < -0.4 is 9.62 Å². The fraction of sp³-hybridized carbons (Fsp3) is 0.417. The highest BCUT2D eigenvalue weighted by Gasteiger charge is 2.31. The summed E-state index contributed by atoms with van der Waals surface area (Å²) in [4.78, 5) is 27.9. The van der Waals surface area contributed by atoms with Crippen molar-refractivity contribution in [2.24, 2.45) is 0 Å². The summed E-state index contributed by atoms with van der Waals surface area (Å²) in [6.07, 6.45) is 1.06. The van der Waals surface area contributed by atoms with Crippen molar-refractivity contribution in [3.63, 3.8) is 0 Å². The topological polar surface area (TPSA) is 86.8 Å². The molecule has 2 aromatic rings. The Kier molecular flexibility index (Phi) is 8.70. The Morgan fingerprint density at radius 3 is 2.27 bits per heavy atom. The van der Waals surface area contributed by atoms with Gasteiger partial charge >= 0.3 is 0 Å². The molecule has 0 aromatic heterocycles. The van der Waals surface area contributed by atoms with Crippen molar-refractivity contribution in [1.29, 1.82) is 0 Å². The number of aryl methyl sites for hydroxylation is 1. The van der Waals surface area contributed by atoms with E-state index in [0.29, 0.717) is 10.2 Å². The number of benzene rings is 2. The summed E-state index contributed by atoms with van der Waals surface area (Å²) in [5.41, 5.74) is 1.76. The van der Waals surface area contributed by atoms with Crippen molar-refractivity contribution in [3.05, 3.63) is 64.1 Å². The summed E-state index contributed by atoms with van der Waals surface area (Å²) >= 11 is 3.37. The van der Waals surface area contributed by atoms with Gasteiger partial charge in [-0.1, -0.05) is 42.0 Å². The van der Waals surface area contributed by atoms with Gasteiger partial charge in [-0.25, -0.2) is 8.42 Å². The molecule has 1 atom stereocenters. The lowest BCUT2D eigenvalue weighted by molar-refractivity contribution is -0.140.